The highest BCUT2D eigenvalue weighted by Crippen LogP contribution is 2.33. The van der Waals surface area contributed by atoms with E-state index in [1.165, 1.54) is 17.1 Å². The van der Waals surface area contributed by atoms with E-state index in [1.54, 1.807) is 7.05 Å². The molecule has 0 aliphatic heterocycles. The first kappa shape index (κ1) is 12.1. The molecule has 1 heterocycles. The lowest BCUT2D eigenvalue weighted by Gasteiger charge is -2.37. The summed E-state index contributed by atoms with van der Waals surface area (Å²) in [6, 6.07) is 0. The third-order valence-electron chi connectivity index (χ3n) is 2.94. The third kappa shape index (κ3) is 2.05. The topological polar surface area (TPSA) is 101 Å². The van der Waals surface area contributed by atoms with Crippen LogP contribution in [0.4, 0.5) is 0 Å². The van der Waals surface area contributed by atoms with Gasteiger partial charge in [0.25, 0.3) is 0 Å². The summed E-state index contributed by atoms with van der Waals surface area (Å²) < 4.78 is 27.5. The highest BCUT2D eigenvalue weighted by atomic mass is 32.2. The summed E-state index contributed by atoms with van der Waals surface area (Å²) in [6.45, 7) is 0. The maximum absolute atomic E-state index is 11.9. The van der Waals surface area contributed by atoms with Crippen LogP contribution in [0.1, 0.15) is 19.3 Å². The first-order valence-electron chi connectivity index (χ1n) is 5.12. The first-order valence-corrected chi connectivity index (χ1v) is 6.60. The van der Waals surface area contributed by atoms with Gasteiger partial charge in [0.2, 0.25) is 10.0 Å². The van der Waals surface area contributed by atoms with Crippen molar-refractivity contribution in [2.75, 3.05) is 0 Å². The number of aryl methyl sites for hydroxylation is 1. The minimum Gasteiger partial charge on any atom is -0.480 e. The Labute approximate surface area is 98.5 Å². The van der Waals surface area contributed by atoms with E-state index in [2.05, 4.69) is 9.82 Å². The van der Waals surface area contributed by atoms with E-state index < -0.39 is 21.5 Å². The molecule has 0 unspecified atom stereocenters. The van der Waals surface area contributed by atoms with E-state index in [1.807, 2.05) is 0 Å². The summed E-state index contributed by atoms with van der Waals surface area (Å²) in [6.07, 6.45) is 3.87. The molecule has 17 heavy (non-hydrogen) atoms. The molecule has 94 valence electrons. The van der Waals surface area contributed by atoms with Crippen molar-refractivity contribution >= 4 is 16.0 Å². The molecule has 7 nitrogen and oxygen atoms in total. The Morgan fingerprint density at radius 1 is 1.59 bits per heavy atom. The number of aliphatic carboxylic acids is 1. The lowest BCUT2D eigenvalue weighted by molar-refractivity contribution is -0.147. The molecule has 8 heteroatoms. The van der Waals surface area contributed by atoms with Crippen LogP contribution in [0.2, 0.25) is 0 Å². The molecule has 1 aromatic heterocycles. The molecule has 0 bridgehead atoms. The van der Waals surface area contributed by atoms with Crippen LogP contribution in [-0.4, -0.2) is 34.8 Å². The van der Waals surface area contributed by atoms with Gasteiger partial charge < -0.3 is 5.11 Å². The Morgan fingerprint density at radius 3 is 2.59 bits per heavy atom. The largest absolute Gasteiger partial charge is 0.480 e. The molecule has 1 aromatic rings. The van der Waals surface area contributed by atoms with Crippen LogP contribution in [-0.2, 0) is 21.9 Å². The summed E-state index contributed by atoms with van der Waals surface area (Å²) >= 11 is 0. The Bertz CT molecular complexity index is 544. The fraction of sp³-hybridized carbons (Fsp3) is 0.556. The minimum atomic E-state index is -3.82. The molecule has 1 fully saturated rings. The van der Waals surface area contributed by atoms with Crippen LogP contribution in [0, 0.1) is 0 Å². The van der Waals surface area contributed by atoms with Crippen LogP contribution in [0.25, 0.3) is 0 Å². The molecule has 0 radical (unpaired) electrons. The van der Waals surface area contributed by atoms with Gasteiger partial charge in [0.1, 0.15) is 10.4 Å². The zero-order chi connectivity index (χ0) is 12.7. The van der Waals surface area contributed by atoms with Crippen molar-refractivity contribution in [1.29, 1.82) is 0 Å². The van der Waals surface area contributed by atoms with Crippen molar-refractivity contribution in [3.05, 3.63) is 12.4 Å². The average molecular weight is 259 g/mol. The van der Waals surface area contributed by atoms with E-state index in [-0.39, 0.29) is 4.90 Å². The normalized spacial score (nSPS) is 18.6. The Hall–Kier alpha value is -1.41. The van der Waals surface area contributed by atoms with Crippen molar-refractivity contribution in [2.45, 2.75) is 29.7 Å². The maximum Gasteiger partial charge on any atom is 0.324 e. The predicted octanol–water partition coefficient (Wildman–Crippen LogP) is -0.294. The fourth-order valence-corrected chi connectivity index (χ4v) is 3.14. The van der Waals surface area contributed by atoms with Crippen LogP contribution in [0.3, 0.4) is 0 Å². The highest BCUT2D eigenvalue weighted by Gasteiger charge is 2.47. The number of carboxylic acid groups (broad SMARTS) is 1. The van der Waals surface area contributed by atoms with Gasteiger partial charge in [0.15, 0.2) is 0 Å². The number of nitrogens with zero attached hydrogens (tertiary/aromatic N) is 2. The molecule has 1 aliphatic carbocycles. The fourth-order valence-electron chi connectivity index (χ4n) is 1.74. The van der Waals surface area contributed by atoms with E-state index in [0.29, 0.717) is 19.3 Å². The third-order valence-corrected chi connectivity index (χ3v) is 4.43. The number of carboxylic acids is 1. The van der Waals surface area contributed by atoms with E-state index >= 15 is 0 Å². The quantitative estimate of drug-likeness (QED) is 0.773. The van der Waals surface area contributed by atoms with Crippen LogP contribution in [0.5, 0.6) is 0 Å². The van der Waals surface area contributed by atoms with Gasteiger partial charge in [-0.1, -0.05) is 0 Å². The zero-order valence-electron chi connectivity index (χ0n) is 9.25. The van der Waals surface area contributed by atoms with Crippen molar-refractivity contribution in [1.82, 2.24) is 14.5 Å². The van der Waals surface area contributed by atoms with Crippen LogP contribution < -0.4 is 4.72 Å². The minimum absolute atomic E-state index is 0.0208. The molecule has 0 spiro atoms. The van der Waals surface area contributed by atoms with E-state index in [4.69, 9.17) is 5.11 Å². The molecule has 2 N–H and O–H groups in total. The maximum atomic E-state index is 11.9. The molecule has 1 saturated carbocycles. The molecule has 0 atom stereocenters. The molecular weight excluding hydrogens is 246 g/mol. The standard InChI is InChI=1S/C9H13N3O4S/c1-12-6-7(5-10-12)17(15,16)11-9(8(13)14)3-2-4-9/h5-6,11H,2-4H2,1H3,(H,13,14). The second-order valence-corrected chi connectivity index (χ2v) is 5.88. The summed E-state index contributed by atoms with van der Waals surface area (Å²) in [5.41, 5.74) is -1.34. The lowest BCUT2D eigenvalue weighted by Crippen LogP contribution is -2.58. The van der Waals surface area contributed by atoms with E-state index in [0.717, 1.165) is 0 Å². The zero-order valence-corrected chi connectivity index (χ0v) is 10.1. The van der Waals surface area contributed by atoms with Crippen LogP contribution in [0.15, 0.2) is 17.3 Å². The Kier molecular flexibility index (Phi) is 2.70. The van der Waals surface area contributed by atoms with Gasteiger partial charge in [-0.2, -0.15) is 9.82 Å². The monoisotopic (exact) mass is 259 g/mol. The summed E-state index contributed by atoms with van der Waals surface area (Å²) in [5, 5.41) is 12.8. The number of sulfonamides is 1. The molecule has 1 aliphatic rings. The average Bonchev–Trinajstić information content (AvgIpc) is 2.58. The van der Waals surface area contributed by atoms with Crippen molar-refractivity contribution in [2.24, 2.45) is 7.05 Å². The van der Waals surface area contributed by atoms with E-state index in [9.17, 15) is 13.2 Å². The SMILES string of the molecule is Cn1cc(S(=O)(=O)NC2(C(=O)O)CCC2)cn1. The second-order valence-electron chi connectivity index (χ2n) is 4.20. The number of aromatic nitrogens is 2. The molecular formula is C9H13N3O4S. The second kappa shape index (κ2) is 3.81. The van der Waals surface area contributed by atoms with Gasteiger partial charge in [0.05, 0.1) is 6.20 Å². The number of hydrogen-bond donors (Lipinski definition) is 2. The van der Waals surface area contributed by atoms with Gasteiger partial charge in [-0.15, -0.1) is 0 Å². The van der Waals surface area contributed by atoms with Crippen molar-refractivity contribution in [3.63, 3.8) is 0 Å². The van der Waals surface area contributed by atoms with Gasteiger partial charge in [0, 0.05) is 13.2 Å². The van der Waals surface area contributed by atoms with Gasteiger partial charge in [-0.3, -0.25) is 9.48 Å². The smallest absolute Gasteiger partial charge is 0.324 e. The first-order chi connectivity index (χ1) is 7.86. The molecule has 2 rings (SSSR count). The summed E-state index contributed by atoms with van der Waals surface area (Å²) in [5.74, 6) is -1.13. The highest BCUT2D eigenvalue weighted by molar-refractivity contribution is 7.89. The van der Waals surface area contributed by atoms with Crippen LogP contribution >= 0.6 is 0 Å². The molecule has 0 aromatic carbocycles. The predicted molar refractivity (Wildman–Crippen MR) is 57.7 cm³/mol. The Balaban J connectivity index is 2.26. The molecule has 0 amide bonds. The van der Waals surface area contributed by atoms with Gasteiger partial charge in [-0.05, 0) is 19.3 Å². The number of hydrogen-bond acceptors (Lipinski definition) is 4. The summed E-state index contributed by atoms with van der Waals surface area (Å²) in [7, 11) is -2.22. The Morgan fingerprint density at radius 2 is 2.24 bits per heavy atom. The van der Waals surface area contributed by atoms with Gasteiger partial charge >= 0.3 is 5.97 Å². The van der Waals surface area contributed by atoms with Crippen molar-refractivity contribution < 1.29 is 18.3 Å². The number of rotatable bonds is 4. The number of carbonyl (C=O) groups is 1. The molecule has 0 saturated heterocycles. The summed E-state index contributed by atoms with van der Waals surface area (Å²) in [4.78, 5) is 11.0. The number of nitrogens with one attached hydrogen (secondary N) is 1. The van der Waals surface area contributed by atoms with Gasteiger partial charge in [-0.25, -0.2) is 8.42 Å². The van der Waals surface area contributed by atoms with Crippen molar-refractivity contribution in [3.8, 4) is 0 Å². The lowest BCUT2D eigenvalue weighted by atomic mass is 9.78.